The summed E-state index contributed by atoms with van der Waals surface area (Å²) in [6.45, 7) is 4.96. The zero-order valence-corrected chi connectivity index (χ0v) is 13.4. The van der Waals surface area contributed by atoms with Gasteiger partial charge in [0, 0.05) is 12.2 Å². The third kappa shape index (κ3) is 4.61. The van der Waals surface area contributed by atoms with Gasteiger partial charge in [-0.25, -0.2) is 13.1 Å². The molecule has 3 N–H and O–H groups in total. The zero-order chi connectivity index (χ0) is 15.5. The van der Waals surface area contributed by atoms with Gasteiger partial charge in [0.25, 0.3) is 0 Å². The van der Waals surface area contributed by atoms with E-state index in [0.717, 1.165) is 12.8 Å². The van der Waals surface area contributed by atoms with Crippen molar-refractivity contribution in [1.82, 2.24) is 4.72 Å². The lowest BCUT2D eigenvalue weighted by Crippen LogP contribution is -2.35. The lowest BCUT2D eigenvalue weighted by molar-refractivity contribution is 0.337. The first-order valence-electron chi connectivity index (χ1n) is 7.29. The number of anilines is 1. The molecule has 0 bridgehead atoms. The first-order chi connectivity index (χ1) is 9.83. The molecule has 0 atom stereocenters. The predicted octanol–water partition coefficient (Wildman–Crippen LogP) is 2.00. The largest absolute Gasteiger partial charge is 0.492 e. The van der Waals surface area contributed by atoms with Gasteiger partial charge < -0.3 is 10.5 Å². The lowest BCUT2D eigenvalue weighted by Gasteiger charge is -2.20. The third-order valence-corrected chi connectivity index (χ3v) is 5.55. The minimum absolute atomic E-state index is 0.0362. The Labute approximate surface area is 126 Å². The van der Waals surface area contributed by atoms with Crippen molar-refractivity contribution in [1.29, 1.82) is 0 Å². The number of rotatable bonds is 8. The van der Waals surface area contributed by atoms with Crippen LogP contribution in [0.5, 0.6) is 5.75 Å². The van der Waals surface area contributed by atoms with Gasteiger partial charge in [0.2, 0.25) is 10.0 Å². The molecule has 0 aliphatic heterocycles. The number of sulfonamides is 1. The third-order valence-electron chi connectivity index (χ3n) is 4.26. The van der Waals surface area contributed by atoms with Crippen LogP contribution in [0.2, 0.25) is 0 Å². The quantitative estimate of drug-likeness (QED) is 0.719. The van der Waals surface area contributed by atoms with Crippen molar-refractivity contribution in [2.75, 3.05) is 24.6 Å². The SMILES string of the molecule is CC(C)C1(CNS(=O)(=O)CCOc2ccc(N)cc2)CC1. The van der Waals surface area contributed by atoms with Gasteiger partial charge in [-0.1, -0.05) is 13.8 Å². The molecule has 5 nitrogen and oxygen atoms in total. The Kier molecular flexibility index (Phi) is 4.78. The molecule has 0 aromatic heterocycles. The molecule has 118 valence electrons. The molecule has 1 saturated carbocycles. The van der Waals surface area contributed by atoms with Gasteiger partial charge in [0.05, 0.1) is 5.75 Å². The molecule has 1 aliphatic carbocycles. The van der Waals surface area contributed by atoms with Gasteiger partial charge in [-0.15, -0.1) is 0 Å². The van der Waals surface area contributed by atoms with Crippen molar-refractivity contribution < 1.29 is 13.2 Å². The average molecular weight is 312 g/mol. The predicted molar refractivity (Wildman–Crippen MR) is 84.6 cm³/mol. The molecule has 1 aromatic carbocycles. The van der Waals surface area contributed by atoms with Gasteiger partial charge in [0.1, 0.15) is 12.4 Å². The Hall–Kier alpha value is -1.27. The second-order valence-electron chi connectivity index (χ2n) is 6.07. The van der Waals surface area contributed by atoms with Crippen LogP contribution < -0.4 is 15.2 Å². The second kappa shape index (κ2) is 6.23. The topological polar surface area (TPSA) is 81.4 Å². The summed E-state index contributed by atoms with van der Waals surface area (Å²) in [7, 11) is -3.29. The van der Waals surface area contributed by atoms with Crippen LogP contribution in [-0.2, 0) is 10.0 Å². The number of hydrogen-bond acceptors (Lipinski definition) is 4. The summed E-state index contributed by atoms with van der Waals surface area (Å²) in [5.41, 5.74) is 6.40. The van der Waals surface area contributed by atoms with Crippen LogP contribution in [0.4, 0.5) is 5.69 Å². The maximum Gasteiger partial charge on any atom is 0.214 e. The molecule has 0 spiro atoms. The van der Waals surface area contributed by atoms with Crippen LogP contribution in [0, 0.1) is 11.3 Å². The van der Waals surface area contributed by atoms with E-state index in [2.05, 4.69) is 18.6 Å². The molecule has 0 heterocycles. The Morgan fingerprint density at radius 3 is 2.43 bits per heavy atom. The summed E-state index contributed by atoms with van der Waals surface area (Å²) in [6, 6.07) is 6.91. The monoisotopic (exact) mass is 312 g/mol. The van der Waals surface area contributed by atoms with Crippen LogP contribution in [-0.4, -0.2) is 27.3 Å². The minimum atomic E-state index is -3.29. The molecule has 1 aliphatic rings. The summed E-state index contributed by atoms with van der Waals surface area (Å²) in [5, 5.41) is 0. The Morgan fingerprint density at radius 1 is 1.29 bits per heavy atom. The number of hydrogen-bond donors (Lipinski definition) is 2. The number of nitrogens with one attached hydrogen (secondary N) is 1. The zero-order valence-electron chi connectivity index (χ0n) is 12.6. The average Bonchev–Trinajstić information content (AvgIpc) is 3.20. The fourth-order valence-electron chi connectivity index (χ4n) is 2.28. The molecule has 1 fully saturated rings. The summed E-state index contributed by atoms with van der Waals surface area (Å²) < 4.78 is 32.0. The van der Waals surface area contributed by atoms with E-state index in [0.29, 0.717) is 23.9 Å². The van der Waals surface area contributed by atoms with Crippen molar-refractivity contribution in [3.8, 4) is 5.75 Å². The van der Waals surface area contributed by atoms with E-state index in [-0.39, 0.29) is 17.8 Å². The van der Waals surface area contributed by atoms with Crippen LogP contribution >= 0.6 is 0 Å². The Bertz CT molecular complexity index is 563. The standard InChI is InChI=1S/C15H24N2O3S/c1-12(2)15(7-8-15)11-17-21(18,19)10-9-20-14-5-3-13(16)4-6-14/h3-6,12,17H,7-11,16H2,1-2H3. The first kappa shape index (κ1) is 16.1. The van der Waals surface area contributed by atoms with E-state index in [1.54, 1.807) is 24.3 Å². The van der Waals surface area contributed by atoms with E-state index >= 15 is 0 Å². The number of nitrogen functional groups attached to an aromatic ring is 1. The minimum Gasteiger partial charge on any atom is -0.492 e. The van der Waals surface area contributed by atoms with Gasteiger partial charge in [-0.2, -0.15) is 0 Å². The summed E-state index contributed by atoms with van der Waals surface area (Å²) in [5.74, 6) is 1.09. The van der Waals surface area contributed by atoms with Gasteiger partial charge in [-0.3, -0.25) is 0 Å². The van der Waals surface area contributed by atoms with Gasteiger partial charge in [-0.05, 0) is 48.4 Å². The molecule has 0 amide bonds. The van der Waals surface area contributed by atoms with Crippen molar-refractivity contribution in [2.24, 2.45) is 11.3 Å². The number of benzene rings is 1. The molecule has 6 heteroatoms. The van der Waals surface area contributed by atoms with Crippen LogP contribution in [0.3, 0.4) is 0 Å². The van der Waals surface area contributed by atoms with E-state index in [1.807, 2.05) is 0 Å². The normalized spacial score (nSPS) is 16.9. The van der Waals surface area contributed by atoms with E-state index < -0.39 is 10.0 Å². The molecule has 0 unspecified atom stereocenters. The van der Waals surface area contributed by atoms with Crippen LogP contribution in [0.1, 0.15) is 26.7 Å². The van der Waals surface area contributed by atoms with Gasteiger partial charge in [0.15, 0.2) is 0 Å². The Morgan fingerprint density at radius 2 is 1.90 bits per heavy atom. The van der Waals surface area contributed by atoms with Crippen LogP contribution in [0.15, 0.2) is 24.3 Å². The van der Waals surface area contributed by atoms with Gasteiger partial charge >= 0.3 is 0 Å². The molecule has 2 rings (SSSR count). The van der Waals surface area contributed by atoms with Crippen LogP contribution in [0.25, 0.3) is 0 Å². The highest BCUT2D eigenvalue weighted by Gasteiger charge is 2.45. The fraction of sp³-hybridized carbons (Fsp3) is 0.600. The molecule has 21 heavy (non-hydrogen) atoms. The fourth-order valence-corrected chi connectivity index (χ4v) is 3.23. The highest BCUT2D eigenvalue weighted by molar-refractivity contribution is 7.89. The van der Waals surface area contributed by atoms with E-state index in [4.69, 9.17) is 10.5 Å². The summed E-state index contributed by atoms with van der Waals surface area (Å²) >= 11 is 0. The molecule has 0 radical (unpaired) electrons. The van der Waals surface area contributed by atoms with Crippen molar-refractivity contribution in [3.05, 3.63) is 24.3 Å². The van der Waals surface area contributed by atoms with Crippen molar-refractivity contribution in [2.45, 2.75) is 26.7 Å². The number of nitrogens with two attached hydrogens (primary N) is 1. The van der Waals surface area contributed by atoms with E-state index in [1.165, 1.54) is 0 Å². The maximum atomic E-state index is 12.0. The lowest BCUT2D eigenvalue weighted by atomic mass is 9.93. The van der Waals surface area contributed by atoms with Crippen molar-refractivity contribution >= 4 is 15.7 Å². The first-order valence-corrected chi connectivity index (χ1v) is 8.94. The molecular weight excluding hydrogens is 288 g/mol. The molecule has 1 aromatic rings. The second-order valence-corrected chi connectivity index (χ2v) is 8.00. The summed E-state index contributed by atoms with van der Waals surface area (Å²) in [4.78, 5) is 0. The maximum absolute atomic E-state index is 12.0. The highest BCUT2D eigenvalue weighted by Crippen LogP contribution is 2.51. The van der Waals surface area contributed by atoms with E-state index in [9.17, 15) is 8.42 Å². The molecular formula is C15H24N2O3S. The van der Waals surface area contributed by atoms with Crippen molar-refractivity contribution in [3.63, 3.8) is 0 Å². The molecule has 0 saturated heterocycles. The smallest absolute Gasteiger partial charge is 0.214 e. The number of ether oxygens (including phenoxy) is 1. The highest BCUT2D eigenvalue weighted by atomic mass is 32.2. The Balaban J connectivity index is 1.75. The summed E-state index contributed by atoms with van der Waals surface area (Å²) in [6.07, 6.45) is 2.21.